The van der Waals surface area contributed by atoms with E-state index < -0.39 is 0 Å². The van der Waals surface area contributed by atoms with E-state index in [0.29, 0.717) is 29.1 Å². The van der Waals surface area contributed by atoms with Gasteiger partial charge >= 0.3 is 5.97 Å². The van der Waals surface area contributed by atoms with Crippen molar-refractivity contribution in [3.63, 3.8) is 0 Å². The number of ether oxygens (including phenoxy) is 1. The Kier molecular flexibility index (Phi) is 6.60. The third-order valence-electron chi connectivity index (χ3n) is 3.86. The van der Waals surface area contributed by atoms with Gasteiger partial charge in [-0.05, 0) is 48.9 Å². The molecule has 3 N–H and O–H groups in total. The van der Waals surface area contributed by atoms with Crippen molar-refractivity contribution < 1.29 is 14.3 Å². The first-order valence-corrected chi connectivity index (χ1v) is 8.57. The minimum atomic E-state index is -0.359. The van der Waals surface area contributed by atoms with Crippen molar-refractivity contribution in [3.05, 3.63) is 53.6 Å². The number of amides is 1. The molecule has 0 radical (unpaired) electrons. The Balaban J connectivity index is 2.08. The number of esters is 1. The highest BCUT2D eigenvalue weighted by molar-refractivity contribution is 6.08. The van der Waals surface area contributed by atoms with Crippen LogP contribution >= 0.6 is 0 Å². The number of unbranched alkanes of at least 4 members (excludes halogenated alkanes) is 1. The van der Waals surface area contributed by atoms with E-state index in [1.807, 2.05) is 25.9 Å². The number of nitrogens with two attached hydrogens (primary N) is 1. The zero-order chi connectivity index (χ0) is 19.1. The number of rotatable bonds is 7. The zero-order valence-corrected chi connectivity index (χ0v) is 15.4. The van der Waals surface area contributed by atoms with Crippen LogP contribution in [0.2, 0.25) is 0 Å². The molecule has 0 aromatic heterocycles. The molecule has 0 fully saturated rings. The molecule has 0 unspecified atom stereocenters. The lowest BCUT2D eigenvalue weighted by atomic mass is 10.1. The number of carbonyl (C=O) groups is 2. The van der Waals surface area contributed by atoms with Crippen LogP contribution in [0.3, 0.4) is 0 Å². The molecule has 0 aliphatic carbocycles. The van der Waals surface area contributed by atoms with Crippen LogP contribution in [-0.4, -0.2) is 32.6 Å². The van der Waals surface area contributed by atoms with Gasteiger partial charge < -0.3 is 20.7 Å². The number of benzene rings is 2. The van der Waals surface area contributed by atoms with Gasteiger partial charge in [0.05, 0.1) is 17.7 Å². The van der Waals surface area contributed by atoms with Crippen LogP contribution < -0.4 is 16.0 Å². The van der Waals surface area contributed by atoms with Crippen LogP contribution in [-0.2, 0) is 4.74 Å². The monoisotopic (exact) mass is 355 g/mol. The first-order valence-electron chi connectivity index (χ1n) is 8.57. The molecule has 0 bridgehead atoms. The highest BCUT2D eigenvalue weighted by atomic mass is 16.5. The van der Waals surface area contributed by atoms with E-state index in [4.69, 9.17) is 10.5 Å². The summed E-state index contributed by atoms with van der Waals surface area (Å²) in [5.74, 6) is -0.624. The van der Waals surface area contributed by atoms with Crippen molar-refractivity contribution in [2.45, 2.75) is 19.8 Å². The maximum Gasteiger partial charge on any atom is 0.338 e. The average Bonchev–Trinajstić information content (AvgIpc) is 2.62. The SMILES string of the molecule is CCCCOC(=O)c1ccc(NC(=O)c2cc(N)ccc2N(C)C)cc1. The molecule has 0 heterocycles. The number of nitrogens with zero attached hydrogens (tertiary/aromatic N) is 1. The molecule has 2 rings (SSSR count). The van der Waals surface area contributed by atoms with Gasteiger partial charge in [0.25, 0.3) is 5.91 Å². The second-order valence-electron chi connectivity index (χ2n) is 6.19. The molecule has 0 spiro atoms. The van der Waals surface area contributed by atoms with Crippen LogP contribution in [0.1, 0.15) is 40.5 Å². The summed E-state index contributed by atoms with van der Waals surface area (Å²) in [7, 11) is 3.72. The number of nitrogens with one attached hydrogen (secondary N) is 1. The smallest absolute Gasteiger partial charge is 0.338 e. The number of hydrogen-bond donors (Lipinski definition) is 2. The molecule has 0 saturated heterocycles. The molecule has 0 saturated carbocycles. The van der Waals surface area contributed by atoms with Crippen molar-refractivity contribution in [1.82, 2.24) is 0 Å². The van der Waals surface area contributed by atoms with Gasteiger partial charge in [-0.3, -0.25) is 4.79 Å². The van der Waals surface area contributed by atoms with Crippen molar-refractivity contribution in [3.8, 4) is 0 Å². The summed E-state index contributed by atoms with van der Waals surface area (Å²) in [6.45, 7) is 2.45. The lowest BCUT2D eigenvalue weighted by Crippen LogP contribution is -2.19. The molecule has 0 aliphatic rings. The largest absolute Gasteiger partial charge is 0.462 e. The Hall–Kier alpha value is -3.02. The molecule has 26 heavy (non-hydrogen) atoms. The van der Waals surface area contributed by atoms with E-state index in [0.717, 1.165) is 18.5 Å². The summed E-state index contributed by atoms with van der Waals surface area (Å²) in [5, 5.41) is 2.83. The van der Waals surface area contributed by atoms with Crippen LogP contribution in [0.5, 0.6) is 0 Å². The number of anilines is 3. The van der Waals surface area contributed by atoms with Crippen LogP contribution in [0.25, 0.3) is 0 Å². The van der Waals surface area contributed by atoms with Gasteiger partial charge in [-0.1, -0.05) is 13.3 Å². The minimum Gasteiger partial charge on any atom is -0.462 e. The summed E-state index contributed by atoms with van der Waals surface area (Å²) in [4.78, 5) is 26.4. The van der Waals surface area contributed by atoms with E-state index in [1.165, 1.54) is 0 Å². The number of carbonyl (C=O) groups excluding carboxylic acids is 2. The lowest BCUT2D eigenvalue weighted by Gasteiger charge is -2.17. The predicted molar refractivity (Wildman–Crippen MR) is 105 cm³/mol. The summed E-state index contributed by atoms with van der Waals surface area (Å²) in [6.07, 6.45) is 1.81. The van der Waals surface area contributed by atoms with Gasteiger partial charge in [0.2, 0.25) is 0 Å². The highest BCUT2D eigenvalue weighted by Crippen LogP contribution is 2.23. The second kappa shape index (κ2) is 8.89. The summed E-state index contributed by atoms with van der Waals surface area (Å²) in [5.41, 5.74) is 8.63. The molecule has 6 nitrogen and oxygen atoms in total. The van der Waals surface area contributed by atoms with Crippen LogP contribution in [0.4, 0.5) is 17.1 Å². The summed E-state index contributed by atoms with van der Waals surface area (Å²) >= 11 is 0. The van der Waals surface area contributed by atoms with Gasteiger partial charge in [-0.15, -0.1) is 0 Å². The molecule has 0 aliphatic heterocycles. The van der Waals surface area contributed by atoms with E-state index in [2.05, 4.69) is 5.32 Å². The Labute approximate surface area is 153 Å². The van der Waals surface area contributed by atoms with E-state index in [1.54, 1.807) is 42.5 Å². The van der Waals surface area contributed by atoms with E-state index in [-0.39, 0.29) is 11.9 Å². The predicted octanol–water partition coefficient (Wildman–Crippen LogP) is 3.54. The quantitative estimate of drug-likeness (QED) is 0.451. The van der Waals surface area contributed by atoms with E-state index in [9.17, 15) is 9.59 Å². The topological polar surface area (TPSA) is 84.7 Å². The van der Waals surface area contributed by atoms with Gasteiger partial charge in [0.1, 0.15) is 0 Å². The zero-order valence-electron chi connectivity index (χ0n) is 15.4. The van der Waals surface area contributed by atoms with E-state index >= 15 is 0 Å². The molecular formula is C20H25N3O3. The van der Waals surface area contributed by atoms with Crippen molar-refractivity contribution in [2.24, 2.45) is 0 Å². The Morgan fingerprint density at radius 3 is 2.42 bits per heavy atom. The Morgan fingerprint density at radius 1 is 1.12 bits per heavy atom. The fourth-order valence-electron chi connectivity index (χ4n) is 2.41. The lowest BCUT2D eigenvalue weighted by molar-refractivity contribution is 0.0499. The van der Waals surface area contributed by atoms with Crippen molar-refractivity contribution in [1.29, 1.82) is 0 Å². The first-order chi connectivity index (χ1) is 12.4. The first kappa shape index (κ1) is 19.3. The fraction of sp³-hybridized carbons (Fsp3) is 0.300. The minimum absolute atomic E-state index is 0.265. The Morgan fingerprint density at radius 2 is 1.81 bits per heavy atom. The Bertz CT molecular complexity index is 770. The molecule has 6 heteroatoms. The molecule has 138 valence electrons. The fourth-order valence-corrected chi connectivity index (χ4v) is 2.41. The number of nitrogen functional groups attached to an aromatic ring is 1. The highest BCUT2D eigenvalue weighted by Gasteiger charge is 2.14. The maximum absolute atomic E-state index is 12.6. The molecule has 2 aromatic carbocycles. The number of hydrogen-bond acceptors (Lipinski definition) is 5. The van der Waals surface area contributed by atoms with Crippen molar-refractivity contribution >= 4 is 28.9 Å². The van der Waals surface area contributed by atoms with Gasteiger partial charge in [0.15, 0.2) is 0 Å². The third-order valence-corrected chi connectivity index (χ3v) is 3.86. The molecular weight excluding hydrogens is 330 g/mol. The third kappa shape index (κ3) is 4.99. The average molecular weight is 355 g/mol. The van der Waals surface area contributed by atoms with Gasteiger partial charge in [-0.2, -0.15) is 0 Å². The second-order valence-corrected chi connectivity index (χ2v) is 6.19. The van der Waals surface area contributed by atoms with Crippen molar-refractivity contribution in [2.75, 3.05) is 36.7 Å². The molecule has 1 amide bonds. The normalized spacial score (nSPS) is 10.3. The summed E-state index contributed by atoms with van der Waals surface area (Å²) < 4.78 is 5.17. The maximum atomic E-state index is 12.6. The molecule has 2 aromatic rings. The van der Waals surface area contributed by atoms with Gasteiger partial charge in [0, 0.05) is 31.2 Å². The van der Waals surface area contributed by atoms with Crippen LogP contribution in [0.15, 0.2) is 42.5 Å². The van der Waals surface area contributed by atoms with Gasteiger partial charge in [-0.25, -0.2) is 4.79 Å². The standard InChI is InChI=1S/C20H25N3O3/c1-4-5-12-26-20(25)14-6-9-16(10-7-14)22-19(24)17-13-15(21)8-11-18(17)23(2)3/h6-11,13H,4-5,12,21H2,1-3H3,(H,22,24). The van der Waals surface area contributed by atoms with Crippen LogP contribution in [0, 0.1) is 0 Å². The summed E-state index contributed by atoms with van der Waals surface area (Å²) in [6, 6.07) is 11.8. The molecule has 0 atom stereocenters.